The fourth-order valence-electron chi connectivity index (χ4n) is 2.88. The van der Waals surface area contributed by atoms with Crippen molar-refractivity contribution in [3.05, 3.63) is 0 Å². The van der Waals surface area contributed by atoms with Crippen molar-refractivity contribution in [2.24, 2.45) is 5.41 Å². The molecule has 0 heterocycles. The lowest BCUT2D eigenvalue weighted by molar-refractivity contribution is -0.253. The molecule has 3 unspecified atom stereocenters. The second-order valence-electron chi connectivity index (χ2n) is 4.95. The molecule has 16 heavy (non-hydrogen) atoms. The van der Waals surface area contributed by atoms with Crippen molar-refractivity contribution in [1.82, 2.24) is 0 Å². The fraction of sp³-hybridized carbons (Fsp3) is 1.00. The van der Waals surface area contributed by atoms with E-state index >= 15 is 0 Å². The summed E-state index contributed by atoms with van der Waals surface area (Å²) >= 11 is 6.14. The van der Waals surface area contributed by atoms with E-state index in [1.165, 1.54) is 0 Å². The molecule has 0 N–H and O–H groups in total. The zero-order valence-corrected chi connectivity index (χ0v) is 9.94. The summed E-state index contributed by atoms with van der Waals surface area (Å²) < 4.78 is 42.3. The van der Waals surface area contributed by atoms with E-state index in [4.69, 9.17) is 16.3 Å². The molecule has 0 aliphatic heterocycles. The Morgan fingerprint density at radius 3 is 2.31 bits per heavy atom. The van der Waals surface area contributed by atoms with E-state index in [1.807, 2.05) is 0 Å². The van der Waals surface area contributed by atoms with Gasteiger partial charge in [-0.2, -0.15) is 13.2 Å². The van der Waals surface area contributed by atoms with Gasteiger partial charge in [0.2, 0.25) is 0 Å². The smallest absolute Gasteiger partial charge is 0.365 e. The second kappa shape index (κ2) is 4.05. The van der Waals surface area contributed by atoms with E-state index < -0.39 is 12.3 Å². The van der Waals surface area contributed by atoms with Gasteiger partial charge in [-0.1, -0.05) is 12.8 Å². The normalized spacial score (nSPS) is 35.1. The van der Waals surface area contributed by atoms with Crippen LogP contribution in [0.2, 0.25) is 0 Å². The van der Waals surface area contributed by atoms with Gasteiger partial charge in [0.15, 0.2) is 6.10 Å². The van der Waals surface area contributed by atoms with E-state index in [9.17, 15) is 13.2 Å². The maximum atomic E-state index is 12.4. The van der Waals surface area contributed by atoms with Gasteiger partial charge < -0.3 is 4.74 Å². The highest BCUT2D eigenvalue weighted by atomic mass is 35.5. The van der Waals surface area contributed by atoms with Crippen LogP contribution < -0.4 is 0 Å². The average Bonchev–Trinajstić information content (AvgIpc) is 2.66. The van der Waals surface area contributed by atoms with Gasteiger partial charge in [0, 0.05) is 10.8 Å². The summed E-state index contributed by atoms with van der Waals surface area (Å²) in [5.41, 5.74) is -0.166. The van der Waals surface area contributed by atoms with Crippen LogP contribution in [0, 0.1) is 5.41 Å². The lowest BCUT2D eigenvalue weighted by Crippen LogP contribution is -2.56. The summed E-state index contributed by atoms with van der Waals surface area (Å²) in [4.78, 5) is 0. The Hall–Kier alpha value is 0.0400. The molecule has 0 aromatic heterocycles. The molecule has 0 radical (unpaired) electrons. The van der Waals surface area contributed by atoms with Crippen molar-refractivity contribution in [3.63, 3.8) is 0 Å². The van der Waals surface area contributed by atoms with E-state index in [0.717, 1.165) is 32.6 Å². The van der Waals surface area contributed by atoms with Crippen molar-refractivity contribution in [2.45, 2.75) is 62.8 Å². The predicted molar refractivity (Wildman–Crippen MR) is 55.5 cm³/mol. The molecule has 2 aliphatic carbocycles. The topological polar surface area (TPSA) is 9.23 Å². The first-order chi connectivity index (χ1) is 7.36. The third-order valence-corrected chi connectivity index (χ3v) is 4.66. The van der Waals surface area contributed by atoms with Gasteiger partial charge in [0.1, 0.15) is 0 Å². The first kappa shape index (κ1) is 12.5. The van der Waals surface area contributed by atoms with Gasteiger partial charge in [0.25, 0.3) is 0 Å². The van der Waals surface area contributed by atoms with Crippen molar-refractivity contribution in [3.8, 4) is 0 Å². The Labute approximate surface area is 98.3 Å². The molecular weight excluding hydrogens is 241 g/mol. The van der Waals surface area contributed by atoms with Crippen molar-refractivity contribution < 1.29 is 17.9 Å². The summed E-state index contributed by atoms with van der Waals surface area (Å²) in [5.74, 6) is 0. The molecule has 2 aliphatic rings. The van der Waals surface area contributed by atoms with Crippen LogP contribution in [-0.2, 0) is 4.74 Å². The van der Waals surface area contributed by atoms with Gasteiger partial charge in [-0.15, -0.1) is 11.6 Å². The van der Waals surface area contributed by atoms with E-state index in [-0.39, 0.29) is 16.9 Å². The number of rotatable bonds is 2. The number of ether oxygens (including phenoxy) is 1. The number of hydrogen-bond donors (Lipinski definition) is 0. The van der Waals surface area contributed by atoms with Crippen molar-refractivity contribution in [2.75, 3.05) is 0 Å². The van der Waals surface area contributed by atoms with Crippen molar-refractivity contribution >= 4 is 11.6 Å². The zero-order valence-electron chi connectivity index (χ0n) is 9.19. The Morgan fingerprint density at radius 1 is 1.31 bits per heavy atom. The second-order valence-corrected chi connectivity index (χ2v) is 5.48. The van der Waals surface area contributed by atoms with E-state index in [0.29, 0.717) is 6.42 Å². The molecule has 0 aromatic carbocycles. The highest BCUT2D eigenvalue weighted by Crippen LogP contribution is 2.57. The third kappa shape index (κ3) is 1.94. The highest BCUT2D eigenvalue weighted by molar-refractivity contribution is 6.21. The predicted octanol–water partition coefficient (Wildman–Crippen LogP) is 3.89. The van der Waals surface area contributed by atoms with Crippen LogP contribution in [0.4, 0.5) is 13.2 Å². The Kier molecular flexibility index (Phi) is 3.17. The number of halogens is 4. The highest BCUT2D eigenvalue weighted by Gasteiger charge is 2.57. The van der Waals surface area contributed by atoms with Gasteiger partial charge in [-0.05, 0) is 26.2 Å². The molecular formula is C11H16ClF3O. The minimum atomic E-state index is -4.27. The largest absolute Gasteiger partial charge is 0.414 e. The summed E-state index contributed by atoms with van der Waals surface area (Å²) in [5, 5.41) is 0.000402. The molecule has 2 fully saturated rings. The molecule has 0 saturated heterocycles. The minimum Gasteiger partial charge on any atom is -0.365 e. The lowest BCUT2D eigenvalue weighted by atomic mass is 9.64. The molecule has 2 rings (SSSR count). The van der Waals surface area contributed by atoms with E-state index in [2.05, 4.69) is 0 Å². The molecule has 0 amide bonds. The fourth-order valence-corrected chi connectivity index (χ4v) is 3.40. The average molecular weight is 257 g/mol. The monoisotopic (exact) mass is 256 g/mol. The first-order valence-electron chi connectivity index (χ1n) is 5.72. The maximum Gasteiger partial charge on any atom is 0.414 e. The van der Waals surface area contributed by atoms with Crippen LogP contribution in [0.15, 0.2) is 0 Å². The summed E-state index contributed by atoms with van der Waals surface area (Å²) in [6.45, 7) is 1.07. The molecule has 1 spiro atoms. The maximum absolute atomic E-state index is 12.4. The SMILES string of the molecule is CC(OC1CC(Cl)C12CCCC2)C(F)(F)F. The third-order valence-electron chi connectivity index (χ3n) is 4.05. The molecule has 5 heteroatoms. The molecule has 1 nitrogen and oxygen atoms in total. The van der Waals surface area contributed by atoms with Crippen LogP contribution in [0.25, 0.3) is 0 Å². The standard InChI is InChI=1S/C11H16ClF3O/c1-7(11(13,14)15)16-9-6-8(12)10(9)4-2-3-5-10/h7-9H,2-6H2,1H3. The van der Waals surface area contributed by atoms with Gasteiger partial charge in [0.05, 0.1) is 6.10 Å². The Bertz CT molecular complexity index is 260. The minimum absolute atomic E-state index is 0.000402. The van der Waals surface area contributed by atoms with Crippen LogP contribution in [0.1, 0.15) is 39.0 Å². The lowest BCUT2D eigenvalue weighted by Gasteiger charge is -2.52. The summed E-state index contributed by atoms with van der Waals surface area (Å²) in [7, 11) is 0. The summed E-state index contributed by atoms with van der Waals surface area (Å²) in [6.07, 6.45) is -1.74. The van der Waals surface area contributed by atoms with Gasteiger partial charge in [-0.3, -0.25) is 0 Å². The summed E-state index contributed by atoms with van der Waals surface area (Å²) in [6, 6.07) is 0. The molecule has 3 atom stereocenters. The molecule has 2 saturated carbocycles. The van der Waals surface area contributed by atoms with E-state index in [1.54, 1.807) is 0 Å². The molecule has 0 bridgehead atoms. The van der Waals surface area contributed by atoms with Crippen LogP contribution in [0.5, 0.6) is 0 Å². The zero-order chi connectivity index (χ0) is 12.0. The van der Waals surface area contributed by atoms with Gasteiger partial charge >= 0.3 is 6.18 Å². The number of alkyl halides is 4. The molecule has 0 aromatic rings. The Balaban J connectivity index is 1.97. The molecule has 94 valence electrons. The quantitative estimate of drug-likeness (QED) is 0.681. The Morgan fingerprint density at radius 2 is 1.88 bits per heavy atom. The van der Waals surface area contributed by atoms with Gasteiger partial charge in [-0.25, -0.2) is 0 Å². The number of hydrogen-bond acceptors (Lipinski definition) is 1. The van der Waals surface area contributed by atoms with Crippen molar-refractivity contribution in [1.29, 1.82) is 0 Å². The van der Waals surface area contributed by atoms with Crippen LogP contribution >= 0.6 is 11.6 Å². The van der Waals surface area contributed by atoms with Crippen LogP contribution in [0.3, 0.4) is 0 Å². The van der Waals surface area contributed by atoms with Crippen LogP contribution in [-0.4, -0.2) is 23.8 Å². The first-order valence-corrected chi connectivity index (χ1v) is 6.16.